The average molecular weight is 274 g/mol. The van der Waals surface area contributed by atoms with E-state index in [4.69, 9.17) is 0 Å². The number of phenols is 1. The standard InChI is InChI=1S/C18H14N2O/c21-14-8-5-12(6-9-14)19-13-7-10-18-16(11-13)15-3-1-2-4-17(15)20-18/h1-11,19-21H. The van der Waals surface area contributed by atoms with Crippen LogP contribution in [0.5, 0.6) is 5.75 Å². The highest BCUT2D eigenvalue weighted by atomic mass is 16.3. The van der Waals surface area contributed by atoms with E-state index in [-0.39, 0.29) is 5.75 Å². The first kappa shape index (κ1) is 11.9. The number of phenolic OH excluding ortho intramolecular Hbond substituents is 1. The van der Waals surface area contributed by atoms with Gasteiger partial charge in [0.25, 0.3) is 0 Å². The molecule has 0 saturated heterocycles. The van der Waals surface area contributed by atoms with E-state index in [1.54, 1.807) is 12.1 Å². The molecule has 3 N–H and O–H groups in total. The van der Waals surface area contributed by atoms with Crippen molar-refractivity contribution in [2.45, 2.75) is 0 Å². The van der Waals surface area contributed by atoms with Gasteiger partial charge in [0.05, 0.1) is 0 Å². The molecule has 0 atom stereocenters. The largest absolute Gasteiger partial charge is 0.508 e. The zero-order chi connectivity index (χ0) is 14.2. The van der Waals surface area contributed by atoms with Crippen molar-refractivity contribution in [2.75, 3.05) is 5.32 Å². The van der Waals surface area contributed by atoms with Gasteiger partial charge in [-0.15, -0.1) is 0 Å². The van der Waals surface area contributed by atoms with Gasteiger partial charge in [-0.2, -0.15) is 0 Å². The lowest BCUT2D eigenvalue weighted by Crippen LogP contribution is -1.89. The maximum Gasteiger partial charge on any atom is 0.115 e. The average Bonchev–Trinajstić information content (AvgIpc) is 2.88. The number of rotatable bonds is 2. The summed E-state index contributed by atoms with van der Waals surface area (Å²) in [4.78, 5) is 3.42. The van der Waals surface area contributed by atoms with Crippen LogP contribution < -0.4 is 5.32 Å². The molecule has 0 spiro atoms. The first-order chi connectivity index (χ1) is 10.3. The summed E-state index contributed by atoms with van der Waals surface area (Å²) in [7, 11) is 0. The van der Waals surface area contributed by atoms with Gasteiger partial charge < -0.3 is 15.4 Å². The molecule has 0 aliphatic carbocycles. The maximum atomic E-state index is 9.32. The fraction of sp³-hybridized carbons (Fsp3) is 0. The maximum absolute atomic E-state index is 9.32. The third-order valence-corrected chi connectivity index (χ3v) is 3.66. The molecule has 4 aromatic rings. The van der Waals surface area contributed by atoms with E-state index >= 15 is 0 Å². The molecule has 0 unspecified atom stereocenters. The van der Waals surface area contributed by atoms with Crippen LogP contribution in [0.3, 0.4) is 0 Å². The minimum Gasteiger partial charge on any atom is -0.508 e. The number of fused-ring (bicyclic) bond motifs is 3. The van der Waals surface area contributed by atoms with Crippen LogP contribution in [-0.4, -0.2) is 10.1 Å². The van der Waals surface area contributed by atoms with Gasteiger partial charge in [-0.25, -0.2) is 0 Å². The van der Waals surface area contributed by atoms with E-state index in [0.29, 0.717) is 0 Å². The molecule has 0 fully saturated rings. The molecule has 21 heavy (non-hydrogen) atoms. The first-order valence-corrected chi connectivity index (χ1v) is 6.86. The number of aromatic nitrogens is 1. The summed E-state index contributed by atoms with van der Waals surface area (Å²) >= 11 is 0. The number of aromatic amines is 1. The molecule has 0 bridgehead atoms. The number of nitrogens with one attached hydrogen (secondary N) is 2. The molecule has 3 heteroatoms. The van der Waals surface area contributed by atoms with E-state index in [1.807, 2.05) is 24.3 Å². The Labute approximate surface area is 121 Å². The Morgan fingerprint density at radius 3 is 2.29 bits per heavy atom. The molecule has 0 aliphatic heterocycles. The van der Waals surface area contributed by atoms with Gasteiger partial charge in [0, 0.05) is 33.2 Å². The topological polar surface area (TPSA) is 48.0 Å². The minimum atomic E-state index is 0.271. The fourth-order valence-electron chi connectivity index (χ4n) is 2.64. The van der Waals surface area contributed by atoms with Gasteiger partial charge in [-0.1, -0.05) is 18.2 Å². The van der Waals surface area contributed by atoms with Crippen LogP contribution in [0.2, 0.25) is 0 Å². The number of aromatic hydroxyl groups is 1. The van der Waals surface area contributed by atoms with Gasteiger partial charge in [-0.3, -0.25) is 0 Å². The molecule has 1 aromatic heterocycles. The number of para-hydroxylation sites is 1. The van der Waals surface area contributed by atoms with Crippen molar-refractivity contribution >= 4 is 33.2 Å². The Kier molecular flexibility index (Phi) is 2.57. The van der Waals surface area contributed by atoms with Gasteiger partial charge in [-0.05, 0) is 48.5 Å². The van der Waals surface area contributed by atoms with Gasteiger partial charge >= 0.3 is 0 Å². The SMILES string of the molecule is Oc1ccc(Nc2ccc3[nH]c4ccccc4c3c2)cc1. The third kappa shape index (κ3) is 2.09. The second-order valence-electron chi connectivity index (χ2n) is 5.10. The van der Waals surface area contributed by atoms with E-state index in [2.05, 4.69) is 40.6 Å². The van der Waals surface area contributed by atoms with Crippen molar-refractivity contribution < 1.29 is 5.11 Å². The zero-order valence-electron chi connectivity index (χ0n) is 11.3. The Bertz CT molecular complexity index is 923. The number of H-pyrrole nitrogens is 1. The summed E-state index contributed by atoms with van der Waals surface area (Å²) in [5.41, 5.74) is 4.26. The highest BCUT2D eigenvalue weighted by Gasteiger charge is 2.04. The first-order valence-electron chi connectivity index (χ1n) is 6.86. The Morgan fingerprint density at radius 2 is 1.43 bits per heavy atom. The van der Waals surface area contributed by atoms with Crippen molar-refractivity contribution in [2.24, 2.45) is 0 Å². The van der Waals surface area contributed by atoms with Crippen LogP contribution >= 0.6 is 0 Å². The molecule has 3 nitrogen and oxygen atoms in total. The van der Waals surface area contributed by atoms with E-state index in [9.17, 15) is 5.11 Å². The molecule has 0 saturated carbocycles. The molecule has 0 aliphatic rings. The van der Waals surface area contributed by atoms with Crippen molar-refractivity contribution in [3.05, 3.63) is 66.7 Å². The number of hydrogen-bond acceptors (Lipinski definition) is 2. The molecular formula is C18H14N2O. The second kappa shape index (κ2) is 4.56. The van der Waals surface area contributed by atoms with Crippen molar-refractivity contribution in [1.29, 1.82) is 0 Å². The molecule has 4 rings (SSSR count). The number of hydrogen-bond donors (Lipinski definition) is 3. The van der Waals surface area contributed by atoms with Crippen molar-refractivity contribution in [3.63, 3.8) is 0 Å². The van der Waals surface area contributed by atoms with Crippen LogP contribution in [-0.2, 0) is 0 Å². The zero-order valence-corrected chi connectivity index (χ0v) is 11.3. The summed E-state index contributed by atoms with van der Waals surface area (Å²) in [6, 6.07) is 21.6. The predicted octanol–water partition coefficient (Wildman–Crippen LogP) is 4.77. The number of anilines is 2. The van der Waals surface area contributed by atoms with Crippen LogP contribution in [0.4, 0.5) is 11.4 Å². The highest BCUT2D eigenvalue weighted by molar-refractivity contribution is 6.08. The van der Waals surface area contributed by atoms with Crippen molar-refractivity contribution in [1.82, 2.24) is 4.98 Å². The Balaban J connectivity index is 1.79. The summed E-state index contributed by atoms with van der Waals surface area (Å²) < 4.78 is 0. The third-order valence-electron chi connectivity index (χ3n) is 3.66. The van der Waals surface area contributed by atoms with Crippen LogP contribution in [0.1, 0.15) is 0 Å². The van der Waals surface area contributed by atoms with E-state index in [1.165, 1.54) is 10.8 Å². The molecule has 102 valence electrons. The highest BCUT2D eigenvalue weighted by Crippen LogP contribution is 2.29. The Hall–Kier alpha value is -2.94. The molecule has 3 aromatic carbocycles. The minimum absolute atomic E-state index is 0.271. The smallest absolute Gasteiger partial charge is 0.115 e. The van der Waals surface area contributed by atoms with Gasteiger partial charge in [0.2, 0.25) is 0 Å². The van der Waals surface area contributed by atoms with Crippen molar-refractivity contribution in [3.8, 4) is 5.75 Å². The van der Waals surface area contributed by atoms with Crippen LogP contribution in [0.25, 0.3) is 21.8 Å². The molecule has 0 amide bonds. The predicted molar refractivity (Wildman–Crippen MR) is 87.2 cm³/mol. The monoisotopic (exact) mass is 274 g/mol. The van der Waals surface area contributed by atoms with Gasteiger partial charge in [0.1, 0.15) is 5.75 Å². The van der Waals surface area contributed by atoms with E-state index < -0.39 is 0 Å². The summed E-state index contributed by atoms with van der Waals surface area (Å²) in [5.74, 6) is 0.271. The fourth-order valence-corrected chi connectivity index (χ4v) is 2.64. The lowest BCUT2D eigenvalue weighted by Gasteiger charge is -2.06. The second-order valence-corrected chi connectivity index (χ2v) is 5.10. The van der Waals surface area contributed by atoms with Gasteiger partial charge in [0.15, 0.2) is 0 Å². The van der Waals surface area contributed by atoms with Crippen LogP contribution in [0, 0.1) is 0 Å². The summed E-state index contributed by atoms with van der Waals surface area (Å²) in [5, 5.41) is 15.1. The van der Waals surface area contributed by atoms with E-state index in [0.717, 1.165) is 22.4 Å². The summed E-state index contributed by atoms with van der Waals surface area (Å²) in [6.07, 6.45) is 0. The summed E-state index contributed by atoms with van der Waals surface area (Å²) in [6.45, 7) is 0. The van der Waals surface area contributed by atoms with Crippen LogP contribution in [0.15, 0.2) is 66.7 Å². The quantitative estimate of drug-likeness (QED) is 0.461. The lowest BCUT2D eigenvalue weighted by molar-refractivity contribution is 0.475. The molecular weight excluding hydrogens is 260 g/mol. The Morgan fingerprint density at radius 1 is 0.714 bits per heavy atom. The lowest BCUT2D eigenvalue weighted by atomic mass is 10.1. The normalized spacial score (nSPS) is 11.0. The number of benzene rings is 3. The molecule has 1 heterocycles. The molecule has 0 radical (unpaired) electrons.